The van der Waals surface area contributed by atoms with Gasteiger partial charge in [-0.05, 0) is 82.4 Å². The first-order valence-electron chi connectivity index (χ1n) is 20.2. The highest BCUT2D eigenvalue weighted by atomic mass is 32.2. The number of sulfonamides is 1. The van der Waals surface area contributed by atoms with Gasteiger partial charge in [-0.3, -0.25) is 24.0 Å². The lowest BCUT2D eigenvalue weighted by Crippen LogP contribution is -2.66. The standard InChI is InChI=1S/C41H54F4N6O9S/c1-23-10-8-9-11-25-19-40(25,36(54)48-61(57,58)39(22-42)14-15-39)47-33(52)30-18-27(60-34-28-13-12-26(49(5)6)17-29(28)31(59-7)20-46-34)21-50(30)35(53)32(24(2)16-23)51(37(55)56)38(3,4)41(43,44)45/h9,11-13,17,20,23-25,27,30,32H,8,10,14-16,18-19,21-22H2,1-7H3,(H,47,52)(H,48,54)(H,55,56)/t23-,24-,25-,27-,30+,32+,40-/m1/s1. The molecular formula is C41H54F4N6O9S. The van der Waals surface area contributed by atoms with E-state index in [4.69, 9.17) is 9.47 Å². The summed E-state index contributed by atoms with van der Waals surface area (Å²) in [6.07, 6.45) is -2.62. The first kappa shape index (κ1) is 45.6. The molecule has 0 radical (unpaired) electrons. The molecule has 0 bridgehead atoms. The van der Waals surface area contributed by atoms with Gasteiger partial charge in [0.15, 0.2) is 0 Å². The number of rotatable bonds is 10. The quantitative estimate of drug-likeness (QED) is 0.211. The topological polar surface area (TPSA) is 188 Å². The van der Waals surface area contributed by atoms with Crippen molar-refractivity contribution in [3.05, 3.63) is 36.5 Å². The van der Waals surface area contributed by atoms with Gasteiger partial charge in [0.25, 0.3) is 5.91 Å². The van der Waals surface area contributed by atoms with E-state index in [1.807, 2.05) is 42.8 Å². The fraction of sp³-hybridized carbons (Fsp3) is 0.634. The molecule has 6 rings (SSSR count). The summed E-state index contributed by atoms with van der Waals surface area (Å²) in [5.41, 5.74) is -4.09. The molecule has 2 aromatic rings. The van der Waals surface area contributed by atoms with E-state index >= 15 is 4.79 Å². The van der Waals surface area contributed by atoms with Gasteiger partial charge in [0.1, 0.15) is 46.4 Å². The maximum Gasteiger partial charge on any atom is 0.411 e. The fourth-order valence-corrected chi connectivity index (χ4v) is 10.0. The Labute approximate surface area is 352 Å². The molecule has 2 aliphatic carbocycles. The predicted octanol–water partition coefficient (Wildman–Crippen LogP) is 5.18. The zero-order valence-electron chi connectivity index (χ0n) is 35.2. The SMILES string of the molecule is COc1cnc(O[C@@H]2C[C@H]3C(=O)N[C@]4(C(=O)NS(=O)(=O)C5(CF)CC5)C[C@H]4C=CCC[C@@H](C)C[C@@H](C)[C@H](N(C(=O)O)C(C)(C)C(F)(F)F)C(=O)N3C2)c2ccc(N(C)C)cc12. The van der Waals surface area contributed by atoms with Gasteiger partial charge in [-0.1, -0.05) is 26.0 Å². The number of methoxy groups -OCH3 is 1. The van der Waals surface area contributed by atoms with E-state index in [-0.39, 0.29) is 48.8 Å². The number of hydrogen-bond donors (Lipinski definition) is 3. The molecule has 3 N–H and O–H groups in total. The zero-order valence-corrected chi connectivity index (χ0v) is 36.0. The smallest absolute Gasteiger partial charge is 0.411 e. The van der Waals surface area contributed by atoms with Crippen LogP contribution in [0.4, 0.5) is 28.0 Å². The molecule has 1 aromatic carbocycles. The normalized spacial score (nSPS) is 28.1. The van der Waals surface area contributed by atoms with Crippen molar-refractivity contribution in [3.8, 4) is 11.6 Å². The maximum atomic E-state index is 15.1. The van der Waals surface area contributed by atoms with Gasteiger partial charge in [-0.25, -0.2) is 22.6 Å². The minimum absolute atomic E-state index is 0.000764. The number of nitrogens with one attached hydrogen (secondary N) is 2. The van der Waals surface area contributed by atoms with E-state index in [0.29, 0.717) is 43.2 Å². The molecule has 4 amide bonds. The molecule has 20 heteroatoms. The number of carboxylic acid groups (broad SMARTS) is 1. The van der Waals surface area contributed by atoms with E-state index < -0.39 is 99.1 Å². The van der Waals surface area contributed by atoms with Crippen LogP contribution in [0.1, 0.15) is 72.6 Å². The molecule has 1 aromatic heterocycles. The van der Waals surface area contributed by atoms with Crippen LogP contribution in [-0.2, 0) is 24.4 Å². The lowest BCUT2D eigenvalue weighted by atomic mass is 9.85. The largest absolute Gasteiger partial charge is 0.494 e. The Morgan fingerprint density at radius 2 is 1.80 bits per heavy atom. The summed E-state index contributed by atoms with van der Waals surface area (Å²) in [5.74, 6) is -4.56. The molecule has 0 spiro atoms. The minimum Gasteiger partial charge on any atom is -0.494 e. The molecule has 336 valence electrons. The Bertz CT molecular complexity index is 2200. The van der Waals surface area contributed by atoms with Crippen LogP contribution in [-0.4, -0.2) is 127 Å². The average Bonchev–Trinajstić information content (AvgIpc) is 4.08. The molecule has 2 aliphatic heterocycles. The highest BCUT2D eigenvalue weighted by Gasteiger charge is 2.64. The van der Waals surface area contributed by atoms with Gasteiger partial charge < -0.3 is 29.7 Å². The number of halogens is 4. The number of carbonyl (C=O) groups is 4. The monoisotopic (exact) mass is 882 g/mol. The van der Waals surface area contributed by atoms with Crippen LogP contribution in [0.3, 0.4) is 0 Å². The number of amides is 4. The molecule has 3 fully saturated rings. The number of pyridine rings is 1. The Balaban J connectivity index is 1.43. The molecular weight excluding hydrogens is 829 g/mol. The number of fused-ring (bicyclic) bond motifs is 3. The summed E-state index contributed by atoms with van der Waals surface area (Å²) in [4.78, 5) is 64.0. The molecule has 61 heavy (non-hydrogen) atoms. The summed E-state index contributed by atoms with van der Waals surface area (Å²) < 4.78 is 96.8. The van der Waals surface area contributed by atoms with Crippen molar-refractivity contribution in [1.29, 1.82) is 0 Å². The summed E-state index contributed by atoms with van der Waals surface area (Å²) in [5, 5.41) is 14.3. The highest BCUT2D eigenvalue weighted by Crippen LogP contribution is 2.48. The van der Waals surface area contributed by atoms with Crippen LogP contribution in [0.15, 0.2) is 36.5 Å². The number of nitrogens with zero attached hydrogens (tertiary/aromatic N) is 4. The van der Waals surface area contributed by atoms with Crippen LogP contribution >= 0.6 is 0 Å². The fourth-order valence-electron chi connectivity index (χ4n) is 8.61. The van der Waals surface area contributed by atoms with Crippen molar-refractivity contribution in [2.45, 2.75) is 113 Å². The first-order chi connectivity index (χ1) is 28.4. The van der Waals surface area contributed by atoms with Crippen molar-refractivity contribution < 1.29 is 59.7 Å². The predicted molar refractivity (Wildman–Crippen MR) is 216 cm³/mol. The second-order valence-corrected chi connectivity index (χ2v) is 19.8. The van der Waals surface area contributed by atoms with E-state index in [1.54, 1.807) is 18.2 Å². The number of anilines is 1. The lowest BCUT2D eigenvalue weighted by molar-refractivity contribution is -0.222. The van der Waals surface area contributed by atoms with Gasteiger partial charge in [0.05, 0.1) is 19.9 Å². The molecule has 4 aliphatic rings. The van der Waals surface area contributed by atoms with Gasteiger partial charge in [-0.2, -0.15) is 13.2 Å². The van der Waals surface area contributed by atoms with Gasteiger partial charge in [0, 0.05) is 42.9 Å². The molecule has 7 atom stereocenters. The molecule has 2 saturated carbocycles. The third-order valence-corrected chi connectivity index (χ3v) is 14.9. The molecule has 15 nitrogen and oxygen atoms in total. The van der Waals surface area contributed by atoms with Crippen molar-refractivity contribution >= 4 is 50.3 Å². The van der Waals surface area contributed by atoms with E-state index in [2.05, 4.69) is 10.3 Å². The molecule has 0 unspecified atom stereocenters. The summed E-state index contributed by atoms with van der Waals surface area (Å²) >= 11 is 0. The second kappa shape index (κ2) is 16.4. The van der Waals surface area contributed by atoms with Gasteiger partial charge >= 0.3 is 12.3 Å². The van der Waals surface area contributed by atoms with Crippen molar-refractivity contribution in [2.24, 2.45) is 17.8 Å². The Morgan fingerprint density at radius 1 is 1.11 bits per heavy atom. The number of aromatic nitrogens is 1. The van der Waals surface area contributed by atoms with Crippen LogP contribution in [0, 0.1) is 17.8 Å². The number of ether oxygens (including phenoxy) is 2. The number of benzene rings is 1. The summed E-state index contributed by atoms with van der Waals surface area (Å²) in [7, 11) is 0.660. The van der Waals surface area contributed by atoms with Crippen molar-refractivity contribution in [3.63, 3.8) is 0 Å². The maximum absolute atomic E-state index is 15.1. The van der Waals surface area contributed by atoms with Crippen molar-refractivity contribution in [1.82, 2.24) is 24.8 Å². The van der Waals surface area contributed by atoms with Crippen LogP contribution in [0.2, 0.25) is 0 Å². The van der Waals surface area contributed by atoms with E-state index in [0.717, 1.165) is 10.6 Å². The average molecular weight is 883 g/mol. The van der Waals surface area contributed by atoms with Gasteiger partial charge in [0.2, 0.25) is 27.7 Å². The number of hydrogen-bond acceptors (Lipinski definition) is 10. The summed E-state index contributed by atoms with van der Waals surface area (Å²) in [6, 6.07) is 1.92. The summed E-state index contributed by atoms with van der Waals surface area (Å²) in [6.45, 7) is 3.05. The Kier molecular flexibility index (Phi) is 12.3. The van der Waals surface area contributed by atoms with E-state index in [1.165, 1.54) is 20.2 Å². The van der Waals surface area contributed by atoms with Crippen LogP contribution < -0.4 is 24.4 Å². The lowest BCUT2D eigenvalue weighted by Gasteiger charge is -2.45. The van der Waals surface area contributed by atoms with Gasteiger partial charge in [-0.15, -0.1) is 0 Å². The Morgan fingerprint density at radius 3 is 2.39 bits per heavy atom. The molecule has 3 heterocycles. The zero-order chi connectivity index (χ0) is 45.0. The minimum atomic E-state index is -5.12. The number of carbonyl (C=O) groups excluding carboxylic acids is 3. The number of allylic oxidation sites excluding steroid dienone is 1. The van der Waals surface area contributed by atoms with Crippen LogP contribution in [0.25, 0.3) is 10.8 Å². The number of alkyl halides is 4. The van der Waals surface area contributed by atoms with Crippen molar-refractivity contribution in [2.75, 3.05) is 39.3 Å². The second-order valence-electron chi connectivity index (χ2n) is 17.7. The first-order valence-corrected chi connectivity index (χ1v) is 21.7. The molecule has 1 saturated heterocycles. The van der Waals surface area contributed by atoms with Crippen LogP contribution in [0.5, 0.6) is 11.6 Å². The third-order valence-electron chi connectivity index (χ3n) is 12.8. The highest BCUT2D eigenvalue weighted by molar-refractivity contribution is 7.91. The van der Waals surface area contributed by atoms with E-state index in [9.17, 15) is 45.5 Å². The third kappa shape index (κ3) is 8.52. The Hall–Kier alpha value is -4.88.